The fourth-order valence-corrected chi connectivity index (χ4v) is 1.44. The number of carbonyl (C=O) groups is 1. The first-order valence-corrected chi connectivity index (χ1v) is 5.06. The van der Waals surface area contributed by atoms with Crippen LogP contribution in [0.25, 0.3) is 0 Å². The van der Waals surface area contributed by atoms with Crippen LogP contribution in [0.1, 0.15) is 59.3 Å². The summed E-state index contributed by atoms with van der Waals surface area (Å²) in [5.74, 6) is 0. The van der Waals surface area contributed by atoms with E-state index in [1.54, 1.807) is 0 Å². The molecule has 1 heteroatoms. The zero-order chi connectivity index (χ0) is 9.45. The molecule has 0 fully saturated rings. The lowest BCUT2D eigenvalue weighted by atomic mass is 9.82. The summed E-state index contributed by atoms with van der Waals surface area (Å²) in [6.07, 6.45) is 7.88. The monoisotopic (exact) mass is 170 g/mol. The van der Waals surface area contributed by atoms with Gasteiger partial charge in [-0.25, -0.2) is 0 Å². The maximum absolute atomic E-state index is 10.1. The van der Waals surface area contributed by atoms with Gasteiger partial charge < -0.3 is 4.79 Å². The van der Waals surface area contributed by atoms with E-state index < -0.39 is 0 Å². The van der Waals surface area contributed by atoms with E-state index in [0.717, 1.165) is 19.1 Å². The summed E-state index contributed by atoms with van der Waals surface area (Å²) in [7, 11) is 0. The highest BCUT2D eigenvalue weighted by atomic mass is 16.1. The van der Waals surface area contributed by atoms with E-state index in [-0.39, 0.29) is 0 Å². The van der Waals surface area contributed by atoms with Gasteiger partial charge in [-0.2, -0.15) is 0 Å². The van der Waals surface area contributed by atoms with Crippen molar-refractivity contribution in [2.75, 3.05) is 0 Å². The number of hydrogen-bond acceptors (Lipinski definition) is 1. The Morgan fingerprint density at radius 3 is 2.25 bits per heavy atom. The Kier molecular flexibility index (Phi) is 6.04. The zero-order valence-corrected chi connectivity index (χ0v) is 8.73. The number of aldehydes is 1. The number of rotatable bonds is 7. The molecule has 0 aliphatic rings. The quantitative estimate of drug-likeness (QED) is 0.421. The van der Waals surface area contributed by atoms with Crippen LogP contribution in [0.4, 0.5) is 0 Å². The van der Waals surface area contributed by atoms with E-state index in [9.17, 15) is 4.79 Å². The molecule has 0 bridgehead atoms. The summed E-state index contributed by atoms with van der Waals surface area (Å²) < 4.78 is 0. The topological polar surface area (TPSA) is 17.1 Å². The Balaban J connectivity index is 3.48. The molecule has 0 spiro atoms. The summed E-state index contributed by atoms with van der Waals surface area (Å²) in [5, 5.41) is 0. The van der Waals surface area contributed by atoms with Gasteiger partial charge in [-0.3, -0.25) is 0 Å². The predicted octanol–water partition coefficient (Wildman–Crippen LogP) is 3.57. The van der Waals surface area contributed by atoms with Crippen molar-refractivity contribution in [3.05, 3.63) is 0 Å². The Morgan fingerprint density at radius 2 is 1.75 bits per heavy atom. The zero-order valence-electron chi connectivity index (χ0n) is 8.73. The summed E-state index contributed by atoms with van der Waals surface area (Å²) in [6.45, 7) is 6.82. The van der Waals surface area contributed by atoms with Gasteiger partial charge in [0.05, 0.1) is 0 Å². The van der Waals surface area contributed by atoms with Crippen LogP contribution in [0.5, 0.6) is 0 Å². The van der Waals surface area contributed by atoms with Crippen LogP contribution >= 0.6 is 0 Å². The molecule has 0 N–H and O–H groups in total. The van der Waals surface area contributed by atoms with E-state index in [1.165, 1.54) is 25.7 Å². The second-order valence-corrected chi connectivity index (χ2v) is 4.33. The van der Waals surface area contributed by atoms with Crippen molar-refractivity contribution < 1.29 is 4.79 Å². The average molecular weight is 170 g/mol. The molecule has 0 aliphatic carbocycles. The second kappa shape index (κ2) is 6.22. The highest BCUT2D eigenvalue weighted by Crippen LogP contribution is 2.29. The van der Waals surface area contributed by atoms with Crippen molar-refractivity contribution in [2.24, 2.45) is 5.41 Å². The Morgan fingerprint density at radius 1 is 1.17 bits per heavy atom. The molecule has 0 rings (SSSR count). The molecule has 0 saturated heterocycles. The minimum atomic E-state index is 0.443. The highest BCUT2D eigenvalue weighted by Gasteiger charge is 2.15. The molecule has 0 heterocycles. The molecule has 0 aromatic carbocycles. The molecule has 12 heavy (non-hydrogen) atoms. The first kappa shape index (κ1) is 11.7. The molecule has 0 aromatic heterocycles. The minimum absolute atomic E-state index is 0.443. The van der Waals surface area contributed by atoms with Crippen LogP contribution in [0, 0.1) is 5.41 Å². The molecule has 0 unspecified atom stereocenters. The third-order valence-corrected chi connectivity index (χ3v) is 2.38. The molecule has 0 saturated carbocycles. The van der Waals surface area contributed by atoms with E-state index in [1.807, 2.05) is 0 Å². The molecular formula is C11H22O. The fraction of sp³-hybridized carbons (Fsp3) is 0.909. The van der Waals surface area contributed by atoms with Crippen LogP contribution in [-0.2, 0) is 4.79 Å². The Bertz CT molecular complexity index is 116. The largest absolute Gasteiger partial charge is 0.303 e. The number of unbranched alkanes of at least 4 members (excludes halogenated alkanes) is 2. The van der Waals surface area contributed by atoms with Crippen molar-refractivity contribution in [3.63, 3.8) is 0 Å². The van der Waals surface area contributed by atoms with Gasteiger partial charge >= 0.3 is 0 Å². The van der Waals surface area contributed by atoms with Gasteiger partial charge in [-0.1, -0.05) is 33.6 Å². The number of carbonyl (C=O) groups excluding carboxylic acids is 1. The van der Waals surface area contributed by atoms with Gasteiger partial charge in [-0.15, -0.1) is 0 Å². The highest BCUT2D eigenvalue weighted by molar-refractivity contribution is 5.48. The average Bonchev–Trinajstić information content (AvgIpc) is 2.01. The van der Waals surface area contributed by atoms with Crippen LogP contribution in [0.2, 0.25) is 0 Å². The molecular weight excluding hydrogens is 148 g/mol. The van der Waals surface area contributed by atoms with E-state index >= 15 is 0 Å². The summed E-state index contributed by atoms with van der Waals surface area (Å²) in [5.41, 5.74) is 0.443. The lowest BCUT2D eigenvalue weighted by Gasteiger charge is -2.23. The molecule has 0 aromatic rings. The van der Waals surface area contributed by atoms with Gasteiger partial charge in [-0.05, 0) is 24.7 Å². The third-order valence-electron chi connectivity index (χ3n) is 2.38. The molecule has 1 nitrogen and oxygen atoms in total. The van der Waals surface area contributed by atoms with Gasteiger partial charge in [0.2, 0.25) is 0 Å². The van der Waals surface area contributed by atoms with E-state index in [2.05, 4.69) is 20.8 Å². The standard InChI is InChI=1S/C11H22O/c1-4-5-8-11(2,3)9-6-7-10-12/h10H,4-9H2,1-3H3. The van der Waals surface area contributed by atoms with Crippen LogP contribution in [-0.4, -0.2) is 6.29 Å². The molecule has 0 amide bonds. The number of hydrogen-bond donors (Lipinski definition) is 0. The van der Waals surface area contributed by atoms with Crippen LogP contribution < -0.4 is 0 Å². The van der Waals surface area contributed by atoms with Crippen molar-refractivity contribution in [2.45, 2.75) is 59.3 Å². The SMILES string of the molecule is CCCCC(C)(C)CCCC=O. The molecule has 0 radical (unpaired) electrons. The van der Waals surface area contributed by atoms with Crippen molar-refractivity contribution in [1.82, 2.24) is 0 Å². The van der Waals surface area contributed by atoms with Crippen molar-refractivity contribution in [1.29, 1.82) is 0 Å². The maximum atomic E-state index is 10.1. The first-order valence-electron chi connectivity index (χ1n) is 5.06. The lowest BCUT2D eigenvalue weighted by molar-refractivity contribution is -0.108. The third kappa shape index (κ3) is 6.38. The van der Waals surface area contributed by atoms with Gasteiger partial charge in [0.15, 0.2) is 0 Å². The maximum Gasteiger partial charge on any atom is 0.119 e. The smallest absolute Gasteiger partial charge is 0.119 e. The van der Waals surface area contributed by atoms with Crippen molar-refractivity contribution in [3.8, 4) is 0 Å². The van der Waals surface area contributed by atoms with Crippen molar-refractivity contribution >= 4 is 6.29 Å². The minimum Gasteiger partial charge on any atom is -0.303 e. The normalized spacial score (nSPS) is 11.6. The lowest BCUT2D eigenvalue weighted by Crippen LogP contribution is -2.10. The molecule has 0 aliphatic heterocycles. The van der Waals surface area contributed by atoms with Gasteiger partial charge in [0.25, 0.3) is 0 Å². The summed E-state index contributed by atoms with van der Waals surface area (Å²) in [4.78, 5) is 10.1. The van der Waals surface area contributed by atoms with E-state index in [0.29, 0.717) is 5.41 Å². The van der Waals surface area contributed by atoms with Gasteiger partial charge in [0.1, 0.15) is 6.29 Å². The molecule has 72 valence electrons. The van der Waals surface area contributed by atoms with Crippen LogP contribution in [0.15, 0.2) is 0 Å². The molecule has 0 atom stereocenters. The van der Waals surface area contributed by atoms with E-state index in [4.69, 9.17) is 0 Å². The fourth-order valence-electron chi connectivity index (χ4n) is 1.44. The summed E-state index contributed by atoms with van der Waals surface area (Å²) >= 11 is 0. The predicted molar refractivity (Wildman–Crippen MR) is 53.2 cm³/mol. The Hall–Kier alpha value is -0.330. The first-order chi connectivity index (χ1) is 5.62. The summed E-state index contributed by atoms with van der Waals surface area (Å²) in [6, 6.07) is 0. The van der Waals surface area contributed by atoms with Crippen LogP contribution in [0.3, 0.4) is 0 Å². The van der Waals surface area contributed by atoms with Gasteiger partial charge in [0, 0.05) is 6.42 Å². The second-order valence-electron chi connectivity index (χ2n) is 4.33. The Labute approximate surface area is 76.6 Å².